The fourth-order valence-corrected chi connectivity index (χ4v) is 9.78. The van der Waals surface area contributed by atoms with Gasteiger partial charge >= 0.3 is 7.60 Å². The van der Waals surface area contributed by atoms with Crippen LogP contribution in [0.15, 0.2) is 30.6 Å². The third-order valence-electron chi connectivity index (χ3n) is 7.90. The molecule has 0 radical (unpaired) electrons. The predicted octanol–water partition coefficient (Wildman–Crippen LogP) is 1.60. The van der Waals surface area contributed by atoms with E-state index in [1.807, 2.05) is 0 Å². The molecule has 2 saturated heterocycles. The number of aliphatic hydroxyl groups is 2. The van der Waals surface area contributed by atoms with Gasteiger partial charge in [0.1, 0.15) is 18.1 Å². The maximum absolute atomic E-state index is 12.2. The smallest absolute Gasteiger partial charge is 0.335 e. The van der Waals surface area contributed by atoms with Crippen LogP contribution in [0.25, 0.3) is 11.2 Å². The van der Waals surface area contributed by atoms with Gasteiger partial charge in [-0.15, -0.1) is 0 Å². The molecular formula is C23H28ClN5O8P2. The summed E-state index contributed by atoms with van der Waals surface area (Å²) < 4.78 is 30.6. The van der Waals surface area contributed by atoms with E-state index in [1.165, 1.54) is 22.0 Å². The summed E-state index contributed by atoms with van der Waals surface area (Å²) >= 11 is 6.30. The van der Waals surface area contributed by atoms with Gasteiger partial charge in [0.2, 0.25) is 12.7 Å². The molecule has 5 unspecified atom stereocenters. The van der Waals surface area contributed by atoms with E-state index in [1.54, 1.807) is 0 Å². The highest BCUT2D eigenvalue weighted by atomic mass is 35.5. The Morgan fingerprint density at radius 3 is 2.59 bits per heavy atom. The Morgan fingerprint density at radius 2 is 1.85 bits per heavy atom. The van der Waals surface area contributed by atoms with Crippen molar-refractivity contribution in [2.45, 2.75) is 49.2 Å². The number of hydrogen-bond donors (Lipinski definition) is 5. The molecule has 0 saturated carbocycles. The molecule has 2 fully saturated rings. The van der Waals surface area contributed by atoms with Crippen LogP contribution in [0, 0.1) is 0 Å². The summed E-state index contributed by atoms with van der Waals surface area (Å²) in [4.78, 5) is 43.3. The molecule has 39 heavy (non-hydrogen) atoms. The number of hydrogen-bond acceptors (Lipinski definition) is 9. The van der Waals surface area contributed by atoms with Gasteiger partial charge in [-0.1, -0.05) is 24.3 Å². The Bertz CT molecular complexity index is 1530. The molecular weight excluding hydrogens is 572 g/mol. The lowest BCUT2D eigenvalue weighted by molar-refractivity contribution is -0.0354. The van der Waals surface area contributed by atoms with Crippen LogP contribution in [0.5, 0.6) is 0 Å². The van der Waals surface area contributed by atoms with Crippen molar-refractivity contribution < 1.29 is 38.8 Å². The third-order valence-corrected chi connectivity index (χ3v) is 12.3. The largest absolute Gasteiger partial charge is 0.388 e. The van der Waals surface area contributed by atoms with Gasteiger partial charge < -0.3 is 34.5 Å². The molecule has 6 rings (SSSR count). The molecule has 4 heterocycles. The summed E-state index contributed by atoms with van der Waals surface area (Å²) in [6, 6.07) is 8.46. The van der Waals surface area contributed by atoms with Crippen molar-refractivity contribution in [1.82, 2.24) is 19.5 Å². The highest BCUT2D eigenvalue weighted by Crippen LogP contribution is 2.55. The van der Waals surface area contributed by atoms with E-state index in [4.69, 9.17) is 26.1 Å². The van der Waals surface area contributed by atoms with Crippen LogP contribution in [-0.4, -0.2) is 87.9 Å². The Balaban J connectivity index is 1.22. The Morgan fingerprint density at radius 1 is 1.10 bits per heavy atom. The van der Waals surface area contributed by atoms with Crippen LogP contribution in [0.2, 0.25) is 5.28 Å². The number of aromatic nitrogens is 4. The second kappa shape index (κ2) is 9.58. The minimum absolute atomic E-state index is 0.0183. The number of aliphatic hydroxyl groups excluding tert-OH is 2. The van der Waals surface area contributed by atoms with E-state index in [-0.39, 0.29) is 17.1 Å². The van der Waals surface area contributed by atoms with E-state index >= 15 is 0 Å². The van der Waals surface area contributed by atoms with Gasteiger partial charge in [0.05, 0.1) is 12.4 Å². The first kappa shape index (κ1) is 27.3. The Labute approximate surface area is 228 Å². The average Bonchev–Trinajstić information content (AvgIpc) is 3.50. The fourth-order valence-electron chi connectivity index (χ4n) is 6.09. The number of halogens is 1. The quantitative estimate of drug-likeness (QED) is 0.195. The molecule has 210 valence electrons. The summed E-state index contributed by atoms with van der Waals surface area (Å²) in [7, 11) is -8.89. The normalized spacial score (nSPS) is 27.6. The van der Waals surface area contributed by atoms with Crippen molar-refractivity contribution in [3.63, 3.8) is 0 Å². The number of rotatable bonds is 7. The summed E-state index contributed by atoms with van der Waals surface area (Å²) in [5.41, 5.74) is 3.53. The Kier molecular flexibility index (Phi) is 6.70. The minimum atomic E-state index is -4.70. The summed E-state index contributed by atoms with van der Waals surface area (Å²) in [6.07, 6.45) is -2.24. The highest BCUT2D eigenvalue weighted by Gasteiger charge is 2.50. The SMILES string of the molecule is O=P(O)(O)CP(=O)(O)CCC1OC(n2cnc3c(N4CC5(CCc6ccccc65)C4)nc(Cl)nc32)C(O)C1O. The lowest BCUT2D eigenvalue weighted by atomic mass is 9.75. The number of imidazole rings is 1. The third kappa shape index (κ3) is 4.94. The maximum atomic E-state index is 12.2. The van der Waals surface area contributed by atoms with Gasteiger partial charge in [-0.3, -0.25) is 13.7 Å². The van der Waals surface area contributed by atoms with Crippen LogP contribution in [0.1, 0.15) is 30.2 Å². The molecule has 2 aliphatic heterocycles. The topological polar surface area (TPSA) is 191 Å². The number of aryl methyl sites for hydroxylation is 1. The first-order valence-corrected chi connectivity index (χ1v) is 16.7. The van der Waals surface area contributed by atoms with Crippen LogP contribution in [-0.2, 0) is 25.7 Å². The number of anilines is 1. The molecule has 0 bridgehead atoms. The summed E-state index contributed by atoms with van der Waals surface area (Å²) in [6.45, 7) is 1.50. The van der Waals surface area contributed by atoms with Crippen molar-refractivity contribution >= 4 is 43.5 Å². The van der Waals surface area contributed by atoms with Crippen molar-refractivity contribution in [3.8, 4) is 0 Å². The number of fused-ring (bicyclic) bond motifs is 3. The van der Waals surface area contributed by atoms with Gasteiger partial charge in [0.25, 0.3) is 0 Å². The monoisotopic (exact) mass is 599 g/mol. The lowest BCUT2D eigenvalue weighted by Gasteiger charge is -2.49. The van der Waals surface area contributed by atoms with Crippen LogP contribution in [0.4, 0.5) is 5.82 Å². The molecule has 16 heteroatoms. The van der Waals surface area contributed by atoms with Crippen molar-refractivity contribution in [1.29, 1.82) is 0 Å². The van der Waals surface area contributed by atoms with Gasteiger partial charge in [-0.2, -0.15) is 9.97 Å². The van der Waals surface area contributed by atoms with Gasteiger partial charge in [-0.25, -0.2) is 4.98 Å². The maximum Gasteiger partial charge on any atom is 0.335 e. The first-order chi connectivity index (χ1) is 18.4. The van der Waals surface area contributed by atoms with Crippen LogP contribution < -0.4 is 4.90 Å². The van der Waals surface area contributed by atoms with E-state index in [0.29, 0.717) is 17.0 Å². The molecule has 1 aliphatic carbocycles. The zero-order valence-corrected chi connectivity index (χ0v) is 23.2. The minimum Gasteiger partial charge on any atom is -0.388 e. The van der Waals surface area contributed by atoms with Gasteiger partial charge in [0, 0.05) is 24.7 Å². The van der Waals surface area contributed by atoms with Gasteiger partial charge in [0.15, 0.2) is 23.2 Å². The van der Waals surface area contributed by atoms with Crippen molar-refractivity contribution in [2.75, 3.05) is 30.1 Å². The molecule has 5 N–H and O–H groups in total. The molecule has 1 spiro atoms. The van der Waals surface area contributed by atoms with E-state index in [9.17, 15) is 24.2 Å². The molecule has 2 aromatic heterocycles. The second-order valence-electron chi connectivity index (χ2n) is 10.6. The molecule has 3 aliphatic rings. The zero-order chi connectivity index (χ0) is 27.7. The molecule has 5 atom stereocenters. The van der Waals surface area contributed by atoms with Crippen molar-refractivity contribution in [3.05, 3.63) is 47.0 Å². The summed E-state index contributed by atoms with van der Waals surface area (Å²) in [5, 5.41) is 21.3. The fraction of sp³-hybridized carbons (Fsp3) is 0.522. The molecule has 3 aromatic rings. The number of ether oxygens (including phenoxy) is 1. The molecule has 0 amide bonds. The van der Waals surface area contributed by atoms with Crippen LogP contribution >= 0.6 is 26.6 Å². The van der Waals surface area contributed by atoms with E-state index < -0.39 is 51.6 Å². The molecule has 13 nitrogen and oxygen atoms in total. The lowest BCUT2D eigenvalue weighted by Crippen LogP contribution is -2.58. The average molecular weight is 600 g/mol. The first-order valence-electron chi connectivity index (χ1n) is 12.5. The number of benzene rings is 1. The van der Waals surface area contributed by atoms with Gasteiger partial charge in [-0.05, 0) is 42.0 Å². The van der Waals surface area contributed by atoms with E-state index in [0.717, 1.165) is 25.9 Å². The predicted molar refractivity (Wildman–Crippen MR) is 141 cm³/mol. The second-order valence-corrected chi connectivity index (χ2v) is 15.6. The molecule has 1 aromatic carbocycles. The van der Waals surface area contributed by atoms with Crippen molar-refractivity contribution in [2.24, 2.45) is 0 Å². The zero-order valence-electron chi connectivity index (χ0n) is 20.6. The Hall–Kier alpha value is -1.92. The van der Waals surface area contributed by atoms with E-state index in [2.05, 4.69) is 44.1 Å². The summed E-state index contributed by atoms with van der Waals surface area (Å²) in [5.74, 6) is -0.607. The standard InChI is InChI=1S/C23H28ClN5O8P2/c24-22-26-19(28-9-23(10-28)7-5-13-3-1-2-4-14(13)23)16-20(27-22)29(11-25-16)21-18(31)17(30)15(37-21)6-8-38(32,33)12-39(34,35)36/h1-4,11,15,17-18,21,30-31H,5-10,12H2,(H,32,33)(H2,34,35,36). The number of nitrogens with zero attached hydrogens (tertiary/aromatic N) is 5. The highest BCUT2D eigenvalue weighted by molar-refractivity contribution is 7.72. The van der Waals surface area contributed by atoms with Crippen LogP contribution in [0.3, 0.4) is 0 Å².